The minimum atomic E-state index is -1.45. The Labute approximate surface area is 197 Å². The largest absolute Gasteiger partial charge is 0.480 e. The van der Waals surface area contributed by atoms with Crippen LogP contribution in [0.5, 0.6) is 0 Å². The van der Waals surface area contributed by atoms with Crippen molar-refractivity contribution in [2.24, 2.45) is 5.92 Å². The van der Waals surface area contributed by atoms with Gasteiger partial charge in [0.2, 0.25) is 0 Å². The molecule has 2 aromatic carbocycles. The summed E-state index contributed by atoms with van der Waals surface area (Å²) in [5, 5.41) is 12.0. The maximum atomic E-state index is 12.6. The summed E-state index contributed by atoms with van der Waals surface area (Å²) in [6.07, 6.45) is -1.99. The van der Waals surface area contributed by atoms with Crippen LogP contribution >= 0.6 is 0 Å². The number of alkyl carbamates (subject to hydrolysis) is 1. The molecule has 0 aliphatic heterocycles. The fourth-order valence-corrected chi connectivity index (χ4v) is 4.11. The lowest BCUT2D eigenvalue weighted by atomic mass is 9.96. The van der Waals surface area contributed by atoms with Gasteiger partial charge in [0.25, 0.3) is 0 Å². The Bertz CT molecular complexity index is 1040. The number of amides is 1. The van der Waals surface area contributed by atoms with E-state index in [4.69, 9.17) is 14.2 Å². The van der Waals surface area contributed by atoms with E-state index in [1.54, 1.807) is 0 Å². The van der Waals surface area contributed by atoms with E-state index in [0.717, 1.165) is 29.2 Å². The van der Waals surface area contributed by atoms with Gasteiger partial charge in [-0.15, -0.1) is 0 Å². The van der Waals surface area contributed by atoms with Gasteiger partial charge in [-0.25, -0.2) is 9.59 Å². The topological polar surface area (TPSA) is 128 Å². The van der Waals surface area contributed by atoms with Crippen molar-refractivity contribution in [2.75, 3.05) is 13.2 Å². The second-order valence-electron chi connectivity index (χ2n) is 8.10. The molecule has 3 rings (SSSR count). The number of carboxylic acid groups (broad SMARTS) is 1. The predicted octanol–water partition coefficient (Wildman–Crippen LogP) is 3.11. The summed E-state index contributed by atoms with van der Waals surface area (Å²) >= 11 is 0. The maximum absolute atomic E-state index is 12.6. The zero-order valence-electron chi connectivity index (χ0n) is 19.1. The van der Waals surface area contributed by atoms with Crippen molar-refractivity contribution in [3.8, 4) is 11.1 Å². The van der Waals surface area contributed by atoms with E-state index in [-0.39, 0.29) is 19.1 Å². The number of ether oxygens (including phenoxy) is 3. The molecule has 0 aromatic heterocycles. The SMILES string of the molecule is CC(=O)OCC(OC(C)=O)C(C)C(NC(=O)OCC1c2ccccc2-c2ccccc21)C(=O)O. The van der Waals surface area contributed by atoms with Gasteiger partial charge in [-0.3, -0.25) is 9.59 Å². The Morgan fingerprint density at radius 3 is 1.97 bits per heavy atom. The van der Waals surface area contributed by atoms with E-state index < -0.39 is 42.1 Å². The summed E-state index contributed by atoms with van der Waals surface area (Å²) in [5.41, 5.74) is 4.18. The zero-order chi connectivity index (χ0) is 24.8. The fourth-order valence-electron chi connectivity index (χ4n) is 4.11. The summed E-state index contributed by atoms with van der Waals surface area (Å²) in [6.45, 7) is 3.48. The van der Waals surface area contributed by atoms with Gasteiger partial charge >= 0.3 is 24.0 Å². The molecule has 0 saturated heterocycles. The van der Waals surface area contributed by atoms with E-state index in [0.29, 0.717) is 0 Å². The van der Waals surface area contributed by atoms with Gasteiger partial charge in [0, 0.05) is 25.7 Å². The van der Waals surface area contributed by atoms with Crippen LogP contribution in [0.15, 0.2) is 48.5 Å². The molecular formula is C25H27NO8. The highest BCUT2D eigenvalue weighted by Gasteiger charge is 2.36. The van der Waals surface area contributed by atoms with Crippen molar-refractivity contribution >= 4 is 24.0 Å². The molecule has 2 N–H and O–H groups in total. The number of aliphatic carboxylic acids is 1. The molecule has 3 unspecified atom stereocenters. The highest BCUT2D eigenvalue weighted by atomic mass is 16.6. The summed E-state index contributed by atoms with van der Waals surface area (Å²) in [4.78, 5) is 47.0. The molecule has 0 spiro atoms. The third-order valence-corrected chi connectivity index (χ3v) is 5.76. The lowest BCUT2D eigenvalue weighted by Crippen LogP contribution is -2.50. The lowest BCUT2D eigenvalue weighted by molar-refractivity contribution is -0.162. The molecule has 0 bridgehead atoms. The Kier molecular flexibility index (Phi) is 7.88. The molecule has 0 fully saturated rings. The van der Waals surface area contributed by atoms with Gasteiger partial charge in [0.1, 0.15) is 25.4 Å². The van der Waals surface area contributed by atoms with Crippen molar-refractivity contribution in [3.05, 3.63) is 59.7 Å². The van der Waals surface area contributed by atoms with Crippen LogP contribution < -0.4 is 5.32 Å². The van der Waals surface area contributed by atoms with Crippen molar-refractivity contribution in [2.45, 2.75) is 38.8 Å². The second kappa shape index (κ2) is 10.8. The van der Waals surface area contributed by atoms with Gasteiger partial charge in [-0.05, 0) is 22.3 Å². The summed E-state index contributed by atoms with van der Waals surface area (Å²) in [7, 11) is 0. The fraction of sp³-hybridized carbons (Fsp3) is 0.360. The average Bonchev–Trinajstić information content (AvgIpc) is 3.11. The van der Waals surface area contributed by atoms with Crippen LogP contribution in [0.4, 0.5) is 4.79 Å². The van der Waals surface area contributed by atoms with Crippen LogP contribution in [-0.2, 0) is 28.6 Å². The van der Waals surface area contributed by atoms with E-state index in [1.165, 1.54) is 13.8 Å². The number of carbonyl (C=O) groups is 4. The molecule has 1 aliphatic carbocycles. The molecule has 9 heteroatoms. The monoisotopic (exact) mass is 469 g/mol. The third-order valence-electron chi connectivity index (χ3n) is 5.76. The minimum Gasteiger partial charge on any atom is -0.480 e. The molecule has 3 atom stereocenters. The Morgan fingerprint density at radius 1 is 0.912 bits per heavy atom. The number of hydrogen-bond acceptors (Lipinski definition) is 7. The number of benzene rings is 2. The van der Waals surface area contributed by atoms with Gasteiger partial charge < -0.3 is 24.6 Å². The number of fused-ring (bicyclic) bond motifs is 3. The zero-order valence-corrected chi connectivity index (χ0v) is 19.1. The van der Waals surface area contributed by atoms with Gasteiger partial charge in [0.05, 0.1) is 0 Å². The van der Waals surface area contributed by atoms with Crippen molar-refractivity contribution < 1.29 is 38.5 Å². The smallest absolute Gasteiger partial charge is 0.407 e. The van der Waals surface area contributed by atoms with E-state index in [1.807, 2.05) is 48.5 Å². The van der Waals surface area contributed by atoms with E-state index in [9.17, 15) is 24.3 Å². The Balaban J connectivity index is 1.69. The van der Waals surface area contributed by atoms with E-state index >= 15 is 0 Å². The summed E-state index contributed by atoms with van der Waals surface area (Å²) < 4.78 is 15.4. The number of carbonyl (C=O) groups excluding carboxylic acids is 3. The van der Waals surface area contributed by atoms with Gasteiger partial charge in [0.15, 0.2) is 0 Å². The molecule has 2 aromatic rings. The predicted molar refractivity (Wildman–Crippen MR) is 121 cm³/mol. The maximum Gasteiger partial charge on any atom is 0.407 e. The van der Waals surface area contributed by atoms with Crippen molar-refractivity contribution in [1.29, 1.82) is 0 Å². The van der Waals surface area contributed by atoms with Gasteiger partial charge in [-0.1, -0.05) is 55.5 Å². The van der Waals surface area contributed by atoms with Crippen LogP contribution in [0.2, 0.25) is 0 Å². The Morgan fingerprint density at radius 2 is 1.47 bits per heavy atom. The summed E-state index contributed by atoms with van der Waals surface area (Å²) in [6, 6.07) is 14.2. The van der Waals surface area contributed by atoms with Crippen LogP contribution in [0.3, 0.4) is 0 Å². The van der Waals surface area contributed by atoms with E-state index in [2.05, 4.69) is 5.32 Å². The number of carboxylic acids is 1. The number of hydrogen-bond donors (Lipinski definition) is 2. The molecule has 34 heavy (non-hydrogen) atoms. The molecular weight excluding hydrogens is 442 g/mol. The second-order valence-corrected chi connectivity index (χ2v) is 8.10. The van der Waals surface area contributed by atoms with Crippen LogP contribution in [0.1, 0.15) is 37.8 Å². The molecule has 0 radical (unpaired) electrons. The lowest BCUT2D eigenvalue weighted by Gasteiger charge is -2.28. The molecule has 1 aliphatic rings. The van der Waals surface area contributed by atoms with Gasteiger partial charge in [-0.2, -0.15) is 0 Å². The number of nitrogens with one attached hydrogen (secondary N) is 1. The van der Waals surface area contributed by atoms with Crippen LogP contribution in [-0.4, -0.2) is 54.5 Å². The molecule has 180 valence electrons. The molecule has 9 nitrogen and oxygen atoms in total. The average molecular weight is 469 g/mol. The highest BCUT2D eigenvalue weighted by Crippen LogP contribution is 2.44. The Hall–Kier alpha value is -3.88. The molecule has 0 heterocycles. The van der Waals surface area contributed by atoms with Crippen molar-refractivity contribution in [1.82, 2.24) is 5.32 Å². The normalized spacial score (nSPS) is 14.7. The quantitative estimate of drug-likeness (QED) is 0.424. The minimum absolute atomic E-state index is 0.0153. The number of rotatable bonds is 9. The van der Waals surface area contributed by atoms with Crippen LogP contribution in [0, 0.1) is 5.92 Å². The standard InChI is InChI=1S/C25H27NO8/c1-14(22(34-16(3)28)13-32-15(2)27)23(24(29)30)26-25(31)33-12-21-19-10-6-4-8-17(19)18-9-5-7-11-20(18)21/h4-11,14,21-23H,12-13H2,1-3H3,(H,26,31)(H,29,30). The first-order valence-electron chi connectivity index (χ1n) is 10.8. The first-order valence-corrected chi connectivity index (χ1v) is 10.8. The van der Waals surface area contributed by atoms with Crippen LogP contribution in [0.25, 0.3) is 11.1 Å². The highest BCUT2D eigenvalue weighted by molar-refractivity contribution is 5.81. The first-order chi connectivity index (χ1) is 16.2. The third kappa shape index (κ3) is 5.72. The first kappa shape index (κ1) is 24.8. The molecule has 0 saturated carbocycles. The summed E-state index contributed by atoms with van der Waals surface area (Å²) in [5.74, 6) is -3.73. The number of esters is 2. The van der Waals surface area contributed by atoms with Crippen molar-refractivity contribution in [3.63, 3.8) is 0 Å². The molecule has 1 amide bonds.